The smallest absolute Gasteiger partial charge is 0.236 e. The highest BCUT2D eigenvalue weighted by Crippen LogP contribution is 1.92. The van der Waals surface area contributed by atoms with E-state index in [4.69, 9.17) is 5.73 Å². The summed E-state index contributed by atoms with van der Waals surface area (Å²) in [5.74, 6) is -0.0139. The first-order valence-corrected chi connectivity index (χ1v) is 2.34. The summed E-state index contributed by atoms with van der Waals surface area (Å²) in [6, 6.07) is -0.236. The minimum absolute atomic E-state index is 0. The maximum atomic E-state index is 10.3. The average Bonchev–Trinajstić information content (AvgIpc) is 1.91. The molecule has 1 atom stereocenters. The van der Waals surface area contributed by atoms with E-state index in [2.05, 4.69) is 5.32 Å². The third-order valence-electron chi connectivity index (χ3n) is 1.09. The minimum atomic E-state index is -0.236. The van der Waals surface area contributed by atoms with Gasteiger partial charge < -0.3 is 11.1 Å². The van der Waals surface area contributed by atoms with Crippen molar-refractivity contribution in [2.24, 2.45) is 5.73 Å². The quantitative estimate of drug-likeness (QED) is 0.524. The summed E-state index contributed by atoms with van der Waals surface area (Å²) in [5.41, 5.74) is 5.27. The number of halogens is 1. The third kappa shape index (κ3) is 1.45. The standard InChI is InChI=1S/C4H8N2O.BrH/c5-3-1-2-6-4(3)7;/h3H,1-2,5H2,(H,6,7);1H. The Morgan fingerprint density at radius 3 is 2.50 bits per heavy atom. The maximum Gasteiger partial charge on any atom is 0.236 e. The van der Waals surface area contributed by atoms with Crippen molar-refractivity contribution in [1.82, 2.24) is 5.32 Å². The van der Waals surface area contributed by atoms with Crippen LogP contribution in [0.4, 0.5) is 0 Å². The van der Waals surface area contributed by atoms with Crippen molar-refractivity contribution >= 4 is 22.9 Å². The van der Waals surface area contributed by atoms with E-state index in [1.165, 1.54) is 0 Å². The Hall–Kier alpha value is -0.0900. The highest BCUT2D eigenvalue weighted by molar-refractivity contribution is 8.93. The first-order valence-electron chi connectivity index (χ1n) is 2.34. The molecule has 0 bridgehead atoms. The van der Waals surface area contributed by atoms with Crippen molar-refractivity contribution in [3.8, 4) is 0 Å². The number of rotatable bonds is 0. The lowest BCUT2D eigenvalue weighted by Crippen LogP contribution is -2.29. The van der Waals surface area contributed by atoms with Gasteiger partial charge in [0.2, 0.25) is 5.91 Å². The zero-order chi connectivity index (χ0) is 5.28. The fourth-order valence-corrected chi connectivity index (χ4v) is 0.613. The van der Waals surface area contributed by atoms with Crippen molar-refractivity contribution in [2.75, 3.05) is 6.54 Å². The number of hydrogen-bond donors (Lipinski definition) is 2. The van der Waals surface area contributed by atoms with Gasteiger partial charge in [0.25, 0.3) is 0 Å². The molecule has 0 aliphatic carbocycles. The van der Waals surface area contributed by atoms with Crippen LogP contribution in [0.1, 0.15) is 6.42 Å². The molecule has 0 aromatic rings. The molecule has 0 aromatic heterocycles. The fraction of sp³-hybridized carbons (Fsp3) is 0.750. The summed E-state index contributed by atoms with van der Waals surface area (Å²) in [6.07, 6.45) is 0.791. The lowest BCUT2D eigenvalue weighted by molar-refractivity contribution is -0.120. The summed E-state index contributed by atoms with van der Waals surface area (Å²) in [6.45, 7) is 0.750. The summed E-state index contributed by atoms with van der Waals surface area (Å²) in [5, 5.41) is 2.61. The first kappa shape index (κ1) is 7.91. The lowest BCUT2D eigenvalue weighted by atomic mass is 10.3. The highest BCUT2D eigenvalue weighted by Gasteiger charge is 2.18. The van der Waals surface area contributed by atoms with E-state index in [1.54, 1.807) is 0 Å². The average molecular weight is 181 g/mol. The molecule has 3 nitrogen and oxygen atoms in total. The van der Waals surface area contributed by atoms with Crippen molar-refractivity contribution in [3.05, 3.63) is 0 Å². The van der Waals surface area contributed by atoms with Crippen LogP contribution in [0.5, 0.6) is 0 Å². The van der Waals surface area contributed by atoms with Gasteiger partial charge in [-0.15, -0.1) is 17.0 Å². The molecule has 3 N–H and O–H groups in total. The molecule has 1 heterocycles. The highest BCUT2D eigenvalue weighted by atomic mass is 79.9. The first-order chi connectivity index (χ1) is 3.30. The number of nitrogens with two attached hydrogens (primary N) is 1. The molecule has 4 heteroatoms. The predicted molar refractivity (Wildman–Crippen MR) is 35.9 cm³/mol. The molecule has 8 heavy (non-hydrogen) atoms. The SMILES string of the molecule is Br.NC1CCNC1=O. The molecule has 1 unspecified atom stereocenters. The molecule has 1 fully saturated rings. The van der Waals surface area contributed by atoms with Gasteiger partial charge in [-0.1, -0.05) is 0 Å². The van der Waals surface area contributed by atoms with Gasteiger partial charge in [-0.3, -0.25) is 4.79 Å². The number of carbonyl (C=O) groups excluding carboxylic acids is 1. The summed E-state index contributed by atoms with van der Waals surface area (Å²) < 4.78 is 0. The van der Waals surface area contributed by atoms with Crippen LogP contribution in [0.3, 0.4) is 0 Å². The van der Waals surface area contributed by atoms with Crippen LogP contribution in [0.25, 0.3) is 0 Å². The second kappa shape index (κ2) is 3.04. The third-order valence-corrected chi connectivity index (χ3v) is 1.09. The number of amides is 1. The molecule has 1 rings (SSSR count). The number of hydrogen-bond acceptors (Lipinski definition) is 2. The van der Waals surface area contributed by atoms with Crippen molar-refractivity contribution in [1.29, 1.82) is 0 Å². The van der Waals surface area contributed by atoms with Gasteiger partial charge in [-0.25, -0.2) is 0 Å². The van der Waals surface area contributed by atoms with E-state index in [9.17, 15) is 4.79 Å². The predicted octanol–water partition coefficient (Wildman–Crippen LogP) is -0.589. The Labute approximate surface area is 58.4 Å². The fourth-order valence-electron chi connectivity index (χ4n) is 0.613. The van der Waals surface area contributed by atoms with Crippen molar-refractivity contribution in [2.45, 2.75) is 12.5 Å². The largest absolute Gasteiger partial charge is 0.355 e. The molecule has 0 saturated carbocycles. The normalized spacial score (nSPS) is 26.6. The monoisotopic (exact) mass is 180 g/mol. The zero-order valence-electron chi connectivity index (χ0n) is 4.39. The second-order valence-electron chi connectivity index (χ2n) is 1.69. The lowest BCUT2D eigenvalue weighted by Gasteiger charge is -1.91. The van der Waals surface area contributed by atoms with Crippen LogP contribution in [0.15, 0.2) is 0 Å². The molecular formula is C4H9BrN2O. The van der Waals surface area contributed by atoms with Gasteiger partial charge in [-0.05, 0) is 6.42 Å². The van der Waals surface area contributed by atoms with Crippen molar-refractivity contribution < 1.29 is 4.79 Å². The van der Waals surface area contributed by atoms with Gasteiger partial charge in [0.1, 0.15) is 0 Å². The summed E-state index contributed by atoms with van der Waals surface area (Å²) in [7, 11) is 0. The Balaban J connectivity index is 0.000000490. The van der Waals surface area contributed by atoms with Gasteiger partial charge in [0.05, 0.1) is 6.04 Å². The van der Waals surface area contributed by atoms with Crippen LogP contribution >= 0.6 is 17.0 Å². The molecule has 1 saturated heterocycles. The second-order valence-corrected chi connectivity index (χ2v) is 1.69. The van der Waals surface area contributed by atoms with Gasteiger partial charge >= 0.3 is 0 Å². The van der Waals surface area contributed by atoms with Crippen LogP contribution < -0.4 is 11.1 Å². The molecule has 1 aliphatic heterocycles. The van der Waals surface area contributed by atoms with Crippen LogP contribution in [0.2, 0.25) is 0 Å². The minimum Gasteiger partial charge on any atom is -0.355 e. The van der Waals surface area contributed by atoms with Crippen LogP contribution in [0, 0.1) is 0 Å². The van der Waals surface area contributed by atoms with Gasteiger partial charge in [0.15, 0.2) is 0 Å². The van der Waals surface area contributed by atoms with E-state index in [0.29, 0.717) is 0 Å². The van der Waals surface area contributed by atoms with E-state index in [1.807, 2.05) is 0 Å². The van der Waals surface area contributed by atoms with Crippen molar-refractivity contribution in [3.63, 3.8) is 0 Å². The van der Waals surface area contributed by atoms with E-state index >= 15 is 0 Å². The zero-order valence-corrected chi connectivity index (χ0v) is 6.10. The molecule has 0 radical (unpaired) electrons. The number of carbonyl (C=O) groups is 1. The van der Waals surface area contributed by atoms with Crippen LogP contribution in [-0.2, 0) is 4.79 Å². The maximum absolute atomic E-state index is 10.3. The molecule has 48 valence electrons. The summed E-state index contributed by atoms with van der Waals surface area (Å²) >= 11 is 0. The topological polar surface area (TPSA) is 55.1 Å². The van der Waals surface area contributed by atoms with Crippen LogP contribution in [-0.4, -0.2) is 18.5 Å². The van der Waals surface area contributed by atoms with E-state index < -0.39 is 0 Å². The molecular weight excluding hydrogens is 172 g/mol. The molecule has 0 spiro atoms. The molecule has 1 aliphatic rings. The summed E-state index contributed by atoms with van der Waals surface area (Å²) in [4.78, 5) is 10.3. The molecule has 1 amide bonds. The Kier molecular flexibility index (Phi) is 3.01. The molecule has 0 aromatic carbocycles. The van der Waals surface area contributed by atoms with E-state index in [-0.39, 0.29) is 28.9 Å². The number of nitrogens with one attached hydrogen (secondary N) is 1. The van der Waals surface area contributed by atoms with E-state index in [0.717, 1.165) is 13.0 Å². The van der Waals surface area contributed by atoms with Gasteiger partial charge in [0, 0.05) is 6.54 Å². The Morgan fingerprint density at radius 2 is 2.38 bits per heavy atom. The Morgan fingerprint density at radius 1 is 1.75 bits per heavy atom. The Bertz CT molecular complexity index is 96.0. The van der Waals surface area contributed by atoms with Gasteiger partial charge in [-0.2, -0.15) is 0 Å².